The summed E-state index contributed by atoms with van der Waals surface area (Å²) in [5.74, 6) is 0.845. The van der Waals surface area contributed by atoms with Crippen molar-refractivity contribution in [3.8, 4) is 0 Å². The molecule has 1 unspecified atom stereocenters. The monoisotopic (exact) mass is 284 g/mol. The largest absolute Gasteiger partial charge is 0.469 e. The Kier molecular flexibility index (Phi) is 5.01. The van der Waals surface area contributed by atoms with E-state index in [1.807, 2.05) is 12.1 Å². The number of furan rings is 1. The summed E-state index contributed by atoms with van der Waals surface area (Å²) in [6.07, 6.45) is 3.68. The van der Waals surface area contributed by atoms with Crippen LogP contribution in [-0.2, 0) is 17.7 Å². The highest BCUT2D eigenvalue weighted by Crippen LogP contribution is 2.26. The zero-order valence-electron chi connectivity index (χ0n) is 10.8. The first-order valence-electron chi connectivity index (χ1n) is 6.13. The smallest absolute Gasteiger partial charge is 0.103 e. The fraction of sp³-hybridized carbons (Fsp3) is 0.462. The second kappa shape index (κ2) is 6.75. The predicted octanol–water partition coefficient (Wildman–Crippen LogP) is 2.44. The summed E-state index contributed by atoms with van der Waals surface area (Å²) in [4.78, 5) is 0. The molecule has 0 saturated carbocycles. The Balaban J connectivity index is 2.01. The predicted molar refractivity (Wildman–Crippen MR) is 71.1 cm³/mol. The lowest BCUT2D eigenvalue weighted by Gasteiger charge is -2.13. The summed E-state index contributed by atoms with van der Waals surface area (Å²) in [5, 5.41) is 14.9. The van der Waals surface area contributed by atoms with Gasteiger partial charge in [-0.1, -0.05) is 11.6 Å². The molecule has 2 aromatic heterocycles. The molecule has 0 aliphatic carbocycles. The highest BCUT2D eigenvalue weighted by atomic mass is 35.5. The summed E-state index contributed by atoms with van der Waals surface area (Å²) < 4.78 is 11.9. The number of nitrogens with zero attached hydrogens (tertiary/aromatic N) is 2. The second-order valence-corrected chi connectivity index (χ2v) is 4.63. The Morgan fingerprint density at radius 3 is 3.11 bits per heavy atom. The molecular weight excluding hydrogens is 268 g/mol. The number of aliphatic hydroxyl groups excluding tert-OH is 1. The van der Waals surface area contributed by atoms with Gasteiger partial charge < -0.3 is 14.3 Å². The highest BCUT2D eigenvalue weighted by molar-refractivity contribution is 6.31. The Morgan fingerprint density at radius 1 is 1.58 bits per heavy atom. The summed E-state index contributed by atoms with van der Waals surface area (Å²) in [7, 11) is 1.62. The number of methoxy groups -OCH3 is 1. The van der Waals surface area contributed by atoms with Crippen LogP contribution in [0.1, 0.15) is 24.0 Å². The van der Waals surface area contributed by atoms with E-state index in [9.17, 15) is 5.11 Å². The van der Waals surface area contributed by atoms with Crippen LogP contribution < -0.4 is 0 Å². The molecule has 0 saturated heterocycles. The van der Waals surface area contributed by atoms with Crippen molar-refractivity contribution in [2.24, 2.45) is 0 Å². The number of hydrogen-bond donors (Lipinski definition) is 1. The van der Waals surface area contributed by atoms with Gasteiger partial charge >= 0.3 is 0 Å². The van der Waals surface area contributed by atoms with Gasteiger partial charge in [0, 0.05) is 13.5 Å². The van der Waals surface area contributed by atoms with Gasteiger partial charge in [0.1, 0.15) is 5.76 Å². The van der Waals surface area contributed by atoms with Gasteiger partial charge in [-0.15, -0.1) is 0 Å². The Bertz CT molecular complexity index is 496. The Hall–Kier alpha value is -1.30. The summed E-state index contributed by atoms with van der Waals surface area (Å²) >= 11 is 6.07. The molecule has 0 bridgehead atoms. The number of aryl methyl sites for hydroxylation is 1. The van der Waals surface area contributed by atoms with E-state index in [0.29, 0.717) is 36.7 Å². The van der Waals surface area contributed by atoms with Crippen molar-refractivity contribution in [1.82, 2.24) is 9.78 Å². The third-order valence-electron chi connectivity index (χ3n) is 2.90. The molecule has 0 spiro atoms. The number of halogens is 1. The highest BCUT2D eigenvalue weighted by Gasteiger charge is 2.18. The van der Waals surface area contributed by atoms with Crippen LogP contribution in [0.5, 0.6) is 0 Å². The molecule has 2 aromatic rings. The fourth-order valence-electron chi connectivity index (χ4n) is 1.93. The van der Waals surface area contributed by atoms with Gasteiger partial charge in [0.25, 0.3) is 0 Å². The van der Waals surface area contributed by atoms with Gasteiger partial charge in [-0.25, -0.2) is 0 Å². The van der Waals surface area contributed by atoms with Crippen molar-refractivity contribution in [3.63, 3.8) is 0 Å². The third-order valence-corrected chi connectivity index (χ3v) is 3.19. The van der Waals surface area contributed by atoms with E-state index in [0.717, 1.165) is 5.76 Å². The number of aliphatic hydroxyl groups is 1. The minimum absolute atomic E-state index is 0.475. The molecule has 19 heavy (non-hydrogen) atoms. The minimum atomic E-state index is -0.669. The van der Waals surface area contributed by atoms with Gasteiger partial charge in [0.05, 0.1) is 42.4 Å². The number of aromatic nitrogens is 2. The first-order valence-corrected chi connectivity index (χ1v) is 6.50. The van der Waals surface area contributed by atoms with Gasteiger partial charge in [-0.05, 0) is 18.6 Å². The lowest BCUT2D eigenvalue weighted by Crippen LogP contribution is -2.13. The SMILES string of the molecule is COCCn1ncc(Cl)c1C(O)CCc1ccco1. The lowest BCUT2D eigenvalue weighted by molar-refractivity contribution is 0.144. The maximum atomic E-state index is 10.2. The normalized spacial score (nSPS) is 12.8. The summed E-state index contributed by atoms with van der Waals surface area (Å²) in [6.45, 7) is 1.09. The molecule has 2 heterocycles. The van der Waals surface area contributed by atoms with Crippen LogP contribution in [0.15, 0.2) is 29.0 Å². The van der Waals surface area contributed by atoms with Crippen LogP contribution >= 0.6 is 11.6 Å². The van der Waals surface area contributed by atoms with Crippen LogP contribution in [-0.4, -0.2) is 28.6 Å². The van der Waals surface area contributed by atoms with Crippen LogP contribution in [0, 0.1) is 0 Å². The molecule has 1 atom stereocenters. The Labute approximate surface area is 116 Å². The van der Waals surface area contributed by atoms with Crippen LogP contribution in [0.2, 0.25) is 5.02 Å². The van der Waals surface area contributed by atoms with Gasteiger partial charge in [-0.3, -0.25) is 4.68 Å². The quantitative estimate of drug-likeness (QED) is 0.848. The van der Waals surface area contributed by atoms with E-state index in [1.54, 1.807) is 24.3 Å². The molecule has 104 valence electrons. The summed E-state index contributed by atoms with van der Waals surface area (Å²) in [6, 6.07) is 3.72. The molecule has 0 aromatic carbocycles. The van der Waals surface area contributed by atoms with Crippen molar-refractivity contribution in [3.05, 3.63) is 41.1 Å². The standard InChI is InChI=1S/C13H17ClN2O3/c1-18-8-6-16-13(11(14)9-15-16)12(17)5-4-10-3-2-7-19-10/h2-3,7,9,12,17H,4-6,8H2,1H3. The maximum Gasteiger partial charge on any atom is 0.103 e. The molecule has 1 N–H and O–H groups in total. The van der Waals surface area contributed by atoms with Crippen LogP contribution in [0.25, 0.3) is 0 Å². The molecule has 0 fully saturated rings. The van der Waals surface area contributed by atoms with Crippen molar-refractivity contribution >= 4 is 11.6 Å². The van der Waals surface area contributed by atoms with Crippen molar-refractivity contribution < 1.29 is 14.3 Å². The lowest BCUT2D eigenvalue weighted by atomic mass is 10.1. The molecule has 0 radical (unpaired) electrons. The third kappa shape index (κ3) is 3.59. The molecule has 2 rings (SSSR count). The number of hydrogen-bond acceptors (Lipinski definition) is 4. The van der Waals surface area contributed by atoms with E-state index in [1.165, 1.54) is 0 Å². The van der Waals surface area contributed by atoms with Crippen molar-refractivity contribution in [2.45, 2.75) is 25.5 Å². The second-order valence-electron chi connectivity index (χ2n) is 4.23. The molecule has 0 aliphatic rings. The van der Waals surface area contributed by atoms with Gasteiger partial charge in [-0.2, -0.15) is 5.10 Å². The zero-order valence-corrected chi connectivity index (χ0v) is 11.5. The number of ether oxygens (including phenoxy) is 1. The molecule has 0 amide bonds. The van der Waals surface area contributed by atoms with Crippen molar-refractivity contribution in [1.29, 1.82) is 0 Å². The van der Waals surface area contributed by atoms with Gasteiger partial charge in [0.2, 0.25) is 0 Å². The van der Waals surface area contributed by atoms with Gasteiger partial charge in [0.15, 0.2) is 0 Å². The van der Waals surface area contributed by atoms with E-state index in [2.05, 4.69) is 5.10 Å². The van der Waals surface area contributed by atoms with Crippen molar-refractivity contribution in [2.75, 3.05) is 13.7 Å². The molecule has 5 nitrogen and oxygen atoms in total. The topological polar surface area (TPSA) is 60.4 Å². The number of rotatable bonds is 7. The zero-order chi connectivity index (χ0) is 13.7. The van der Waals surface area contributed by atoms with E-state index >= 15 is 0 Å². The van der Waals surface area contributed by atoms with E-state index in [4.69, 9.17) is 20.8 Å². The molecule has 0 aliphatic heterocycles. The minimum Gasteiger partial charge on any atom is -0.469 e. The first-order chi connectivity index (χ1) is 9.22. The Morgan fingerprint density at radius 2 is 2.42 bits per heavy atom. The first kappa shape index (κ1) is 14.1. The summed E-state index contributed by atoms with van der Waals surface area (Å²) in [5.41, 5.74) is 0.630. The maximum absolute atomic E-state index is 10.2. The van der Waals surface area contributed by atoms with E-state index in [-0.39, 0.29) is 0 Å². The molecular formula is C13H17ClN2O3. The average Bonchev–Trinajstić information content (AvgIpc) is 3.03. The van der Waals surface area contributed by atoms with E-state index < -0.39 is 6.10 Å². The van der Waals surface area contributed by atoms with Crippen LogP contribution in [0.3, 0.4) is 0 Å². The van der Waals surface area contributed by atoms with Crippen LogP contribution in [0.4, 0.5) is 0 Å². The molecule has 6 heteroatoms. The fourth-order valence-corrected chi connectivity index (χ4v) is 2.20. The average molecular weight is 285 g/mol.